The lowest BCUT2D eigenvalue weighted by Crippen LogP contribution is -2.49. The normalized spacial score (nSPS) is 21.0. The molecular weight excluding hydrogens is 579 g/mol. The highest BCUT2D eigenvalue weighted by Crippen LogP contribution is 2.38. The predicted octanol–water partition coefficient (Wildman–Crippen LogP) is 7.04. The summed E-state index contributed by atoms with van der Waals surface area (Å²) in [5.41, 5.74) is 1.40. The molecule has 5 rings (SSSR count). The predicted molar refractivity (Wildman–Crippen MR) is 188 cm³/mol. The van der Waals surface area contributed by atoms with Crippen molar-refractivity contribution in [2.45, 2.75) is 121 Å². The van der Waals surface area contributed by atoms with Crippen LogP contribution in [0.4, 0.5) is 11.4 Å². The van der Waals surface area contributed by atoms with Crippen molar-refractivity contribution in [3.8, 4) is 0 Å². The topological polar surface area (TPSA) is 87.7 Å². The van der Waals surface area contributed by atoms with Crippen LogP contribution in [0.5, 0.6) is 0 Å². The van der Waals surface area contributed by atoms with Gasteiger partial charge >= 0.3 is 0 Å². The van der Waals surface area contributed by atoms with Crippen LogP contribution in [0, 0.1) is 17.8 Å². The molecule has 0 aromatic heterocycles. The van der Waals surface area contributed by atoms with Crippen molar-refractivity contribution in [3.05, 3.63) is 56.3 Å². The number of anilines is 2. The van der Waals surface area contributed by atoms with E-state index in [0.29, 0.717) is 36.8 Å². The number of hydrogen-bond donors (Lipinski definition) is 2. The monoisotopic (exact) mass is 635 g/mol. The smallest absolute Gasteiger partial charge is 0.253 e. The number of carbonyl (C=O) groups is 1. The fourth-order valence-corrected chi connectivity index (χ4v) is 8.76. The Morgan fingerprint density at radius 3 is 2.42 bits per heavy atom. The van der Waals surface area contributed by atoms with Gasteiger partial charge in [0.05, 0.1) is 6.10 Å². The highest BCUT2D eigenvalue weighted by atomic mass is 28.3. The number of benzene rings is 1. The third kappa shape index (κ3) is 10.0. The zero-order valence-electron chi connectivity index (χ0n) is 28.1. The maximum absolute atomic E-state index is 13.1. The Hall–Kier alpha value is -2.45. The summed E-state index contributed by atoms with van der Waals surface area (Å²) in [6.07, 6.45) is 14.3. The van der Waals surface area contributed by atoms with Crippen molar-refractivity contribution in [1.29, 1.82) is 0 Å². The Morgan fingerprint density at radius 1 is 0.956 bits per heavy atom. The van der Waals surface area contributed by atoms with Crippen LogP contribution in [0.3, 0.4) is 0 Å². The van der Waals surface area contributed by atoms with Crippen LogP contribution >= 0.6 is 0 Å². The molecule has 2 saturated carbocycles. The van der Waals surface area contributed by atoms with Crippen LogP contribution in [-0.4, -0.2) is 46.3 Å². The molecule has 1 aliphatic heterocycles. The highest BCUT2D eigenvalue weighted by molar-refractivity contribution is 6.76. The van der Waals surface area contributed by atoms with Gasteiger partial charge in [-0.15, -0.1) is 0 Å². The van der Waals surface area contributed by atoms with Gasteiger partial charge in [0, 0.05) is 52.7 Å². The minimum absolute atomic E-state index is 0.0224. The van der Waals surface area contributed by atoms with Crippen LogP contribution in [0.25, 0.3) is 0 Å². The Bertz CT molecular complexity index is 1290. The van der Waals surface area contributed by atoms with E-state index in [1.807, 2.05) is 6.07 Å². The number of piperidine rings is 1. The van der Waals surface area contributed by atoms with E-state index in [1.165, 1.54) is 50.5 Å². The summed E-state index contributed by atoms with van der Waals surface area (Å²) in [5.74, 6) is 1.72. The van der Waals surface area contributed by atoms with Gasteiger partial charge < -0.3 is 20.3 Å². The van der Waals surface area contributed by atoms with E-state index in [1.54, 1.807) is 0 Å². The molecule has 2 aromatic carbocycles. The molecule has 2 N–H and O–H groups in total. The Balaban J connectivity index is 1.26. The molecule has 2 aliphatic carbocycles. The summed E-state index contributed by atoms with van der Waals surface area (Å²) in [4.78, 5) is 41.1. The first kappa shape index (κ1) is 33.9. The van der Waals surface area contributed by atoms with Gasteiger partial charge in [-0.1, -0.05) is 101 Å². The molecule has 3 fully saturated rings. The zero-order chi connectivity index (χ0) is 31.8. The van der Waals surface area contributed by atoms with Gasteiger partial charge in [0.1, 0.15) is 11.4 Å². The molecule has 0 bridgehead atoms. The molecule has 2 unspecified atom stereocenters. The van der Waals surface area contributed by atoms with Gasteiger partial charge in [-0.2, -0.15) is 0 Å². The molecule has 1 heterocycles. The number of hydrogen-bond acceptors (Lipinski definition) is 6. The highest BCUT2D eigenvalue weighted by Gasteiger charge is 2.35. The second-order valence-corrected chi connectivity index (χ2v) is 21.1. The molecule has 7 nitrogen and oxygen atoms in total. The van der Waals surface area contributed by atoms with Crippen LogP contribution < -0.4 is 26.4 Å². The number of nitrogens with zero attached hydrogens (tertiary/aromatic N) is 1. The van der Waals surface area contributed by atoms with Crippen molar-refractivity contribution in [3.63, 3.8) is 0 Å². The molecule has 45 heavy (non-hydrogen) atoms. The van der Waals surface area contributed by atoms with Crippen LogP contribution in [0.1, 0.15) is 95.1 Å². The SMILES string of the molecule is C[Si](C)(C)CCCC(=O)NCC(CC1CCCCC1)Nc1c(N2CCCC([C@H](OCCC3CC3)c3ccccc3)C2)c(=O)c1=O. The second kappa shape index (κ2) is 15.9. The summed E-state index contributed by atoms with van der Waals surface area (Å²) in [6.45, 7) is 9.72. The Kier molecular flexibility index (Phi) is 12.0. The number of carbonyl (C=O) groups excluding carboxylic acids is 1. The maximum atomic E-state index is 13.1. The summed E-state index contributed by atoms with van der Waals surface area (Å²) in [6, 6.07) is 11.6. The number of rotatable bonds is 17. The van der Waals surface area contributed by atoms with E-state index < -0.39 is 13.5 Å². The fourth-order valence-electron chi connectivity index (χ4n) is 7.52. The first-order chi connectivity index (χ1) is 21.7. The van der Waals surface area contributed by atoms with E-state index >= 15 is 0 Å². The number of nitrogens with one attached hydrogen (secondary N) is 2. The van der Waals surface area contributed by atoms with Gasteiger partial charge in [-0.25, -0.2) is 0 Å². The molecule has 1 amide bonds. The molecule has 2 aromatic rings. The average Bonchev–Trinajstić information content (AvgIpc) is 3.86. The lowest BCUT2D eigenvalue weighted by molar-refractivity contribution is -0.121. The summed E-state index contributed by atoms with van der Waals surface area (Å²) < 4.78 is 6.57. The minimum atomic E-state index is -1.18. The lowest BCUT2D eigenvalue weighted by atomic mass is 9.84. The van der Waals surface area contributed by atoms with Crippen LogP contribution in [-0.2, 0) is 9.53 Å². The Morgan fingerprint density at radius 2 is 1.71 bits per heavy atom. The van der Waals surface area contributed by atoms with Crippen molar-refractivity contribution in [2.75, 3.05) is 36.5 Å². The van der Waals surface area contributed by atoms with Gasteiger partial charge in [-0.05, 0) is 49.5 Å². The van der Waals surface area contributed by atoms with Crippen molar-refractivity contribution in [1.82, 2.24) is 5.32 Å². The first-order valence-electron chi connectivity index (χ1n) is 18.0. The molecule has 3 atom stereocenters. The quantitative estimate of drug-likeness (QED) is 0.143. The zero-order valence-corrected chi connectivity index (χ0v) is 29.1. The molecule has 1 saturated heterocycles. The van der Waals surface area contributed by atoms with Crippen molar-refractivity contribution < 1.29 is 9.53 Å². The Labute approximate surface area is 271 Å². The first-order valence-corrected chi connectivity index (χ1v) is 21.7. The number of amides is 1. The molecule has 8 heteroatoms. The van der Waals surface area contributed by atoms with E-state index in [2.05, 4.69) is 59.4 Å². The van der Waals surface area contributed by atoms with E-state index in [0.717, 1.165) is 57.2 Å². The van der Waals surface area contributed by atoms with Crippen molar-refractivity contribution in [2.24, 2.45) is 17.8 Å². The standard InChI is InChI=1S/C37H57N3O4Si/c1-45(2,3)23-11-17-32(41)38-25-31(24-28-12-6-4-7-13-28)39-33-34(36(43)35(33)42)40-21-10-16-30(26-40)37(29-14-8-5-9-15-29)44-22-20-27-18-19-27/h5,8-9,14-15,27-28,30-31,37,39H,4,6-7,10-13,16-26H2,1-3H3,(H,38,41)/t30?,31?,37-/m1/s1. The van der Waals surface area contributed by atoms with Gasteiger partial charge in [-0.3, -0.25) is 14.4 Å². The van der Waals surface area contributed by atoms with E-state index in [4.69, 9.17) is 4.74 Å². The lowest BCUT2D eigenvalue weighted by Gasteiger charge is -2.39. The third-order valence-corrected chi connectivity index (χ3v) is 12.2. The third-order valence-electron chi connectivity index (χ3n) is 10.3. The van der Waals surface area contributed by atoms with Crippen molar-refractivity contribution >= 4 is 25.4 Å². The molecule has 248 valence electrons. The molecule has 0 spiro atoms. The van der Waals surface area contributed by atoms with E-state index in [9.17, 15) is 14.4 Å². The maximum Gasteiger partial charge on any atom is 0.253 e. The summed E-state index contributed by atoms with van der Waals surface area (Å²) in [7, 11) is -1.18. The van der Waals surface area contributed by atoms with Gasteiger partial charge in [0.25, 0.3) is 10.9 Å². The fraction of sp³-hybridized carbons (Fsp3) is 0.703. The molecule has 3 aliphatic rings. The summed E-state index contributed by atoms with van der Waals surface area (Å²) in [5, 5.41) is 6.69. The molecular formula is C37H57N3O4Si. The van der Waals surface area contributed by atoms with Gasteiger partial charge in [0.2, 0.25) is 5.91 Å². The second-order valence-electron chi connectivity index (χ2n) is 15.5. The average molecular weight is 636 g/mol. The van der Waals surface area contributed by atoms with Gasteiger partial charge in [0.15, 0.2) is 0 Å². The van der Waals surface area contributed by atoms with Crippen LogP contribution in [0.15, 0.2) is 39.9 Å². The van der Waals surface area contributed by atoms with Crippen LogP contribution in [0.2, 0.25) is 25.7 Å². The summed E-state index contributed by atoms with van der Waals surface area (Å²) >= 11 is 0. The van der Waals surface area contributed by atoms with E-state index in [-0.39, 0.29) is 29.4 Å². The largest absolute Gasteiger partial charge is 0.375 e. The molecule has 0 radical (unpaired) electrons. The number of ether oxygens (including phenoxy) is 1. The minimum Gasteiger partial charge on any atom is -0.375 e.